The number of alkyl halides is 3. The first kappa shape index (κ1) is 14.8. The van der Waals surface area contributed by atoms with E-state index >= 15 is 0 Å². The van der Waals surface area contributed by atoms with Crippen molar-refractivity contribution >= 4 is 5.69 Å². The number of rotatable bonds is 4. The van der Waals surface area contributed by atoms with Gasteiger partial charge >= 0.3 is 6.18 Å². The molecule has 0 amide bonds. The van der Waals surface area contributed by atoms with Gasteiger partial charge in [0.1, 0.15) is 5.82 Å². The van der Waals surface area contributed by atoms with Gasteiger partial charge in [-0.1, -0.05) is 0 Å². The van der Waals surface area contributed by atoms with Crippen LogP contribution in [0.25, 0.3) is 0 Å². The third kappa shape index (κ3) is 4.18. The molecule has 0 aromatic heterocycles. The molecular weight excluding hydrogens is 248 g/mol. The molecule has 0 radical (unpaired) electrons. The summed E-state index contributed by atoms with van der Waals surface area (Å²) in [4.78, 5) is 1.90. The Balaban J connectivity index is 2.80. The smallest absolute Gasteiger partial charge is 0.379 e. The third-order valence-electron chi connectivity index (χ3n) is 2.34. The Labute approximate surface area is 104 Å². The lowest BCUT2D eigenvalue weighted by Gasteiger charge is -2.20. The van der Waals surface area contributed by atoms with Crippen molar-refractivity contribution < 1.29 is 17.6 Å². The van der Waals surface area contributed by atoms with Crippen LogP contribution in [0, 0.1) is 5.82 Å². The van der Waals surface area contributed by atoms with E-state index in [1.54, 1.807) is 0 Å². The zero-order valence-corrected chi connectivity index (χ0v) is 10.5. The molecule has 1 rings (SSSR count). The highest BCUT2D eigenvalue weighted by Crippen LogP contribution is 2.31. The molecule has 0 saturated heterocycles. The van der Waals surface area contributed by atoms with E-state index in [-0.39, 0.29) is 11.7 Å². The van der Waals surface area contributed by atoms with Crippen LogP contribution >= 0.6 is 0 Å². The lowest BCUT2D eigenvalue weighted by atomic mass is 10.1. The van der Waals surface area contributed by atoms with Crippen LogP contribution in [0.4, 0.5) is 23.2 Å². The van der Waals surface area contributed by atoms with Crippen LogP contribution in [0.1, 0.15) is 12.5 Å². The first-order valence-electron chi connectivity index (χ1n) is 5.48. The average molecular weight is 264 g/mol. The van der Waals surface area contributed by atoms with Gasteiger partial charge in [-0.25, -0.2) is 4.39 Å². The number of hydrogen-bond donors (Lipinski definition) is 1. The van der Waals surface area contributed by atoms with Gasteiger partial charge in [-0.2, -0.15) is 13.2 Å². The summed E-state index contributed by atoms with van der Waals surface area (Å²) in [6.07, 6.45) is -4.52. The van der Waals surface area contributed by atoms with Gasteiger partial charge in [0, 0.05) is 12.6 Å². The summed E-state index contributed by atoms with van der Waals surface area (Å²) in [6, 6.07) is 2.43. The Morgan fingerprint density at radius 3 is 2.33 bits per heavy atom. The van der Waals surface area contributed by atoms with Gasteiger partial charge in [-0.15, -0.1) is 0 Å². The van der Waals surface area contributed by atoms with Gasteiger partial charge in [0.05, 0.1) is 11.3 Å². The molecule has 0 saturated carbocycles. The zero-order chi connectivity index (χ0) is 13.9. The number of anilines is 1. The van der Waals surface area contributed by atoms with Crippen molar-refractivity contribution in [3.8, 4) is 0 Å². The van der Waals surface area contributed by atoms with Gasteiger partial charge in [0.25, 0.3) is 0 Å². The molecule has 102 valence electrons. The van der Waals surface area contributed by atoms with Crippen molar-refractivity contribution in [2.24, 2.45) is 0 Å². The van der Waals surface area contributed by atoms with Crippen molar-refractivity contribution in [2.45, 2.75) is 19.1 Å². The van der Waals surface area contributed by atoms with Crippen LogP contribution in [0.5, 0.6) is 0 Å². The van der Waals surface area contributed by atoms with E-state index in [1.165, 1.54) is 0 Å². The highest BCUT2D eigenvalue weighted by Gasteiger charge is 2.31. The summed E-state index contributed by atoms with van der Waals surface area (Å²) in [5.41, 5.74) is -0.900. The van der Waals surface area contributed by atoms with Crippen LogP contribution in [-0.2, 0) is 6.18 Å². The third-order valence-corrected chi connectivity index (χ3v) is 2.34. The summed E-state index contributed by atoms with van der Waals surface area (Å²) in [6.45, 7) is 2.48. The average Bonchev–Trinajstić information content (AvgIpc) is 2.18. The molecule has 0 bridgehead atoms. The number of halogens is 4. The summed E-state index contributed by atoms with van der Waals surface area (Å²) in [5, 5.41) is 2.84. The standard InChI is InChI=1S/C12H16F4N2/c1-8(7-18(2)3)17-11-5-4-9(6-10(11)13)12(14,15)16/h4-6,8,17H,7H2,1-3H3. The maximum atomic E-state index is 13.5. The molecule has 1 unspecified atom stereocenters. The molecule has 0 aliphatic heterocycles. The van der Waals surface area contributed by atoms with Crippen LogP contribution < -0.4 is 5.32 Å². The van der Waals surface area contributed by atoms with Crippen molar-refractivity contribution in [2.75, 3.05) is 26.0 Å². The molecule has 1 N–H and O–H groups in total. The van der Waals surface area contributed by atoms with E-state index in [0.717, 1.165) is 12.1 Å². The fourth-order valence-corrected chi connectivity index (χ4v) is 1.67. The molecule has 0 spiro atoms. The second-order valence-electron chi connectivity index (χ2n) is 4.50. The van der Waals surface area contributed by atoms with E-state index in [4.69, 9.17) is 0 Å². The number of nitrogens with one attached hydrogen (secondary N) is 1. The predicted octanol–water partition coefficient (Wildman–Crippen LogP) is 3.21. The van der Waals surface area contributed by atoms with Gasteiger partial charge < -0.3 is 10.2 Å². The van der Waals surface area contributed by atoms with Crippen molar-refractivity contribution in [1.29, 1.82) is 0 Å². The van der Waals surface area contributed by atoms with Crippen LogP contribution in [0.3, 0.4) is 0 Å². The maximum Gasteiger partial charge on any atom is 0.416 e. The highest BCUT2D eigenvalue weighted by atomic mass is 19.4. The van der Waals surface area contributed by atoms with Crippen LogP contribution in [0.15, 0.2) is 18.2 Å². The van der Waals surface area contributed by atoms with Crippen molar-refractivity contribution in [3.05, 3.63) is 29.6 Å². The first-order valence-corrected chi connectivity index (χ1v) is 5.48. The number of hydrogen-bond acceptors (Lipinski definition) is 2. The first-order chi connectivity index (χ1) is 8.20. The van der Waals surface area contributed by atoms with E-state index in [1.807, 2.05) is 25.9 Å². The maximum absolute atomic E-state index is 13.5. The molecule has 0 fully saturated rings. The largest absolute Gasteiger partial charge is 0.416 e. The molecular formula is C12H16F4N2. The van der Waals surface area contributed by atoms with E-state index in [0.29, 0.717) is 12.6 Å². The number of benzene rings is 1. The fraction of sp³-hybridized carbons (Fsp3) is 0.500. The molecule has 2 nitrogen and oxygen atoms in total. The Morgan fingerprint density at radius 2 is 1.89 bits per heavy atom. The lowest BCUT2D eigenvalue weighted by Crippen LogP contribution is -2.30. The predicted molar refractivity (Wildman–Crippen MR) is 63.0 cm³/mol. The quantitative estimate of drug-likeness (QED) is 0.840. The summed E-state index contributed by atoms with van der Waals surface area (Å²) >= 11 is 0. The lowest BCUT2D eigenvalue weighted by molar-refractivity contribution is -0.137. The summed E-state index contributed by atoms with van der Waals surface area (Å²) in [7, 11) is 3.72. The fourth-order valence-electron chi connectivity index (χ4n) is 1.67. The Hall–Kier alpha value is -1.30. The van der Waals surface area contributed by atoms with Gasteiger partial charge in [-0.05, 0) is 39.2 Å². The minimum Gasteiger partial charge on any atom is -0.379 e. The minimum atomic E-state index is -4.52. The van der Waals surface area contributed by atoms with Crippen molar-refractivity contribution in [3.63, 3.8) is 0 Å². The topological polar surface area (TPSA) is 15.3 Å². The van der Waals surface area contributed by atoms with E-state index in [2.05, 4.69) is 5.32 Å². The van der Waals surface area contributed by atoms with Crippen LogP contribution in [-0.4, -0.2) is 31.6 Å². The zero-order valence-electron chi connectivity index (χ0n) is 10.5. The second-order valence-corrected chi connectivity index (χ2v) is 4.50. The molecule has 1 atom stereocenters. The van der Waals surface area contributed by atoms with E-state index < -0.39 is 17.6 Å². The molecule has 0 heterocycles. The van der Waals surface area contributed by atoms with Crippen LogP contribution in [0.2, 0.25) is 0 Å². The highest BCUT2D eigenvalue weighted by molar-refractivity contribution is 5.47. The summed E-state index contributed by atoms with van der Waals surface area (Å²) < 4.78 is 50.5. The Morgan fingerprint density at radius 1 is 1.28 bits per heavy atom. The Bertz CT molecular complexity index is 402. The van der Waals surface area contributed by atoms with Gasteiger partial charge in [0.15, 0.2) is 0 Å². The molecule has 18 heavy (non-hydrogen) atoms. The van der Waals surface area contributed by atoms with E-state index in [9.17, 15) is 17.6 Å². The van der Waals surface area contributed by atoms with Gasteiger partial charge in [-0.3, -0.25) is 0 Å². The molecule has 0 aliphatic rings. The molecule has 1 aromatic rings. The van der Waals surface area contributed by atoms with Crippen molar-refractivity contribution in [1.82, 2.24) is 4.90 Å². The molecule has 6 heteroatoms. The minimum absolute atomic E-state index is 0.0637. The SMILES string of the molecule is CC(CN(C)C)Nc1ccc(C(F)(F)F)cc1F. The normalized spacial score (nSPS) is 13.8. The summed E-state index contributed by atoms with van der Waals surface area (Å²) in [5.74, 6) is -0.893. The Kier molecular flexibility index (Phi) is 4.56. The number of likely N-dealkylation sites (N-methyl/N-ethyl adjacent to an activating group) is 1. The molecule has 1 aromatic carbocycles. The van der Waals surface area contributed by atoms with Gasteiger partial charge in [0.2, 0.25) is 0 Å². The monoisotopic (exact) mass is 264 g/mol. The number of nitrogens with zero attached hydrogens (tertiary/aromatic N) is 1. The molecule has 0 aliphatic carbocycles. The second kappa shape index (κ2) is 5.56.